The molecule has 1 aliphatic rings. The molecule has 0 spiro atoms. The standard InChI is InChI=1S/C16H24N4O2/c1-2-13-10-15(22)20(16(17)19-13)11-14(21)18-9-8-12-6-4-3-5-7-12/h6,10H,2-5,7-9,11H2,1H3,(H2,17,19)(H,18,21). The van der Waals surface area contributed by atoms with E-state index in [0.717, 1.165) is 19.3 Å². The largest absolute Gasteiger partial charge is 0.369 e. The van der Waals surface area contributed by atoms with Crippen LogP contribution in [0.4, 0.5) is 5.95 Å². The Morgan fingerprint density at radius 1 is 1.45 bits per heavy atom. The average molecular weight is 304 g/mol. The van der Waals surface area contributed by atoms with Crippen molar-refractivity contribution in [1.82, 2.24) is 14.9 Å². The minimum atomic E-state index is -0.283. The fraction of sp³-hybridized carbons (Fsp3) is 0.562. The number of rotatable bonds is 6. The number of carbonyl (C=O) groups is 1. The minimum absolute atomic E-state index is 0.0826. The molecule has 0 aromatic carbocycles. The summed E-state index contributed by atoms with van der Waals surface area (Å²) in [5, 5.41) is 2.84. The molecule has 0 atom stereocenters. The maximum absolute atomic E-state index is 11.9. The fourth-order valence-electron chi connectivity index (χ4n) is 2.61. The van der Waals surface area contributed by atoms with Crippen LogP contribution in [0.3, 0.4) is 0 Å². The summed E-state index contributed by atoms with van der Waals surface area (Å²) in [7, 11) is 0. The number of nitrogen functional groups attached to an aromatic ring is 1. The molecule has 6 heteroatoms. The van der Waals surface area contributed by atoms with E-state index in [9.17, 15) is 9.59 Å². The van der Waals surface area contributed by atoms with Crippen LogP contribution in [-0.2, 0) is 17.8 Å². The fourth-order valence-corrected chi connectivity index (χ4v) is 2.61. The highest BCUT2D eigenvalue weighted by Gasteiger charge is 2.10. The number of nitrogens with zero attached hydrogens (tertiary/aromatic N) is 2. The summed E-state index contributed by atoms with van der Waals surface area (Å²) < 4.78 is 1.20. The Balaban J connectivity index is 1.87. The van der Waals surface area contributed by atoms with E-state index in [0.29, 0.717) is 18.7 Å². The Morgan fingerprint density at radius 3 is 2.91 bits per heavy atom. The lowest BCUT2D eigenvalue weighted by Gasteiger charge is -2.13. The summed E-state index contributed by atoms with van der Waals surface area (Å²) in [5.41, 5.74) is 7.53. The highest BCUT2D eigenvalue weighted by Crippen LogP contribution is 2.19. The average Bonchev–Trinajstić information content (AvgIpc) is 2.51. The highest BCUT2D eigenvalue weighted by molar-refractivity contribution is 5.76. The molecule has 2 rings (SSSR count). The summed E-state index contributed by atoms with van der Waals surface area (Å²) in [6, 6.07) is 1.43. The van der Waals surface area contributed by atoms with Crippen LogP contribution < -0.4 is 16.6 Å². The van der Waals surface area contributed by atoms with E-state index in [1.807, 2.05) is 6.92 Å². The monoisotopic (exact) mass is 304 g/mol. The van der Waals surface area contributed by atoms with Crippen molar-refractivity contribution in [2.24, 2.45) is 0 Å². The molecule has 120 valence electrons. The Bertz CT molecular complexity index is 619. The quantitative estimate of drug-likeness (QED) is 0.777. The van der Waals surface area contributed by atoms with Crippen LogP contribution in [0, 0.1) is 0 Å². The van der Waals surface area contributed by atoms with E-state index in [-0.39, 0.29) is 24.0 Å². The summed E-state index contributed by atoms with van der Waals surface area (Å²) >= 11 is 0. The lowest BCUT2D eigenvalue weighted by Crippen LogP contribution is -2.34. The van der Waals surface area contributed by atoms with Crippen molar-refractivity contribution in [2.75, 3.05) is 12.3 Å². The van der Waals surface area contributed by atoms with Gasteiger partial charge in [0.25, 0.3) is 5.56 Å². The second-order valence-corrected chi connectivity index (χ2v) is 5.59. The molecule has 0 fully saturated rings. The normalized spacial score (nSPS) is 14.5. The molecule has 1 aromatic heterocycles. The molecule has 0 radical (unpaired) electrons. The number of nitrogens with one attached hydrogen (secondary N) is 1. The molecule has 0 unspecified atom stereocenters. The second kappa shape index (κ2) is 7.77. The maximum Gasteiger partial charge on any atom is 0.255 e. The SMILES string of the molecule is CCc1cc(=O)n(CC(=O)NCCC2=CCCCC2)c(N)n1. The number of anilines is 1. The molecule has 0 saturated carbocycles. The van der Waals surface area contributed by atoms with Gasteiger partial charge in [-0.15, -0.1) is 0 Å². The molecule has 6 nitrogen and oxygen atoms in total. The molecule has 3 N–H and O–H groups in total. The van der Waals surface area contributed by atoms with E-state index < -0.39 is 0 Å². The second-order valence-electron chi connectivity index (χ2n) is 5.59. The van der Waals surface area contributed by atoms with Gasteiger partial charge in [-0.05, 0) is 38.5 Å². The Hall–Kier alpha value is -2.11. The maximum atomic E-state index is 11.9. The van der Waals surface area contributed by atoms with Crippen LogP contribution in [0.2, 0.25) is 0 Å². The van der Waals surface area contributed by atoms with Gasteiger partial charge in [-0.2, -0.15) is 0 Å². The first-order chi connectivity index (χ1) is 10.6. The molecule has 22 heavy (non-hydrogen) atoms. The number of aryl methyl sites for hydroxylation is 1. The number of hydrogen-bond acceptors (Lipinski definition) is 4. The third kappa shape index (κ3) is 4.44. The van der Waals surface area contributed by atoms with E-state index in [1.165, 1.54) is 29.0 Å². The highest BCUT2D eigenvalue weighted by atomic mass is 16.2. The van der Waals surface area contributed by atoms with Crippen molar-refractivity contribution in [2.45, 2.75) is 52.0 Å². The van der Waals surface area contributed by atoms with Crippen molar-refractivity contribution < 1.29 is 4.79 Å². The Labute approximate surface area is 130 Å². The lowest BCUT2D eigenvalue weighted by atomic mass is 9.97. The van der Waals surface area contributed by atoms with Gasteiger partial charge in [-0.25, -0.2) is 4.98 Å². The summed E-state index contributed by atoms with van der Waals surface area (Å²) in [6.45, 7) is 2.42. The van der Waals surface area contributed by atoms with Gasteiger partial charge in [0.1, 0.15) is 6.54 Å². The number of hydrogen-bond donors (Lipinski definition) is 2. The van der Waals surface area contributed by atoms with E-state index in [2.05, 4.69) is 16.4 Å². The Morgan fingerprint density at radius 2 is 2.27 bits per heavy atom. The predicted octanol–water partition coefficient (Wildman–Crippen LogP) is 1.39. The first-order valence-corrected chi connectivity index (χ1v) is 7.91. The lowest BCUT2D eigenvalue weighted by molar-refractivity contribution is -0.121. The van der Waals surface area contributed by atoms with E-state index >= 15 is 0 Å². The molecule has 1 aliphatic carbocycles. The number of aromatic nitrogens is 2. The number of nitrogens with two attached hydrogens (primary N) is 1. The zero-order valence-corrected chi connectivity index (χ0v) is 13.1. The third-order valence-electron chi connectivity index (χ3n) is 3.91. The zero-order chi connectivity index (χ0) is 15.9. The van der Waals surface area contributed by atoms with Crippen molar-refractivity contribution in [1.29, 1.82) is 0 Å². The van der Waals surface area contributed by atoms with Crippen LogP contribution in [0.5, 0.6) is 0 Å². The van der Waals surface area contributed by atoms with E-state index in [4.69, 9.17) is 5.73 Å². The van der Waals surface area contributed by atoms with Gasteiger partial charge >= 0.3 is 0 Å². The van der Waals surface area contributed by atoms with Gasteiger partial charge in [0.2, 0.25) is 11.9 Å². The van der Waals surface area contributed by atoms with Gasteiger partial charge in [0, 0.05) is 18.3 Å². The van der Waals surface area contributed by atoms with Crippen LogP contribution in [-0.4, -0.2) is 22.0 Å². The van der Waals surface area contributed by atoms with Crippen LogP contribution >= 0.6 is 0 Å². The van der Waals surface area contributed by atoms with Crippen LogP contribution in [0.15, 0.2) is 22.5 Å². The van der Waals surface area contributed by atoms with Gasteiger partial charge < -0.3 is 11.1 Å². The first kappa shape index (κ1) is 16.3. The summed E-state index contributed by atoms with van der Waals surface area (Å²) in [5.74, 6) is -0.120. The van der Waals surface area contributed by atoms with Gasteiger partial charge in [0.05, 0.1) is 0 Å². The Kier molecular flexibility index (Phi) is 5.75. The van der Waals surface area contributed by atoms with Gasteiger partial charge in [0.15, 0.2) is 0 Å². The third-order valence-corrected chi connectivity index (χ3v) is 3.91. The number of allylic oxidation sites excluding steroid dienone is 1. The number of carbonyl (C=O) groups excluding carboxylic acids is 1. The topological polar surface area (TPSA) is 90.0 Å². The summed E-state index contributed by atoms with van der Waals surface area (Å²) in [4.78, 5) is 28.0. The molecule has 0 bridgehead atoms. The molecular weight excluding hydrogens is 280 g/mol. The summed E-state index contributed by atoms with van der Waals surface area (Å²) in [6.07, 6.45) is 8.56. The first-order valence-electron chi connectivity index (χ1n) is 7.91. The molecule has 1 aromatic rings. The van der Waals surface area contributed by atoms with Crippen LogP contribution in [0.25, 0.3) is 0 Å². The predicted molar refractivity (Wildman–Crippen MR) is 86.5 cm³/mol. The molecular formula is C16H24N4O2. The van der Waals surface area contributed by atoms with Crippen molar-refractivity contribution in [3.63, 3.8) is 0 Å². The molecule has 1 heterocycles. The smallest absolute Gasteiger partial charge is 0.255 e. The minimum Gasteiger partial charge on any atom is -0.369 e. The molecule has 1 amide bonds. The van der Waals surface area contributed by atoms with Crippen molar-refractivity contribution >= 4 is 11.9 Å². The molecule has 0 aliphatic heterocycles. The zero-order valence-electron chi connectivity index (χ0n) is 13.1. The van der Waals surface area contributed by atoms with Gasteiger partial charge in [-0.3, -0.25) is 14.2 Å². The number of amides is 1. The van der Waals surface area contributed by atoms with E-state index in [1.54, 1.807) is 0 Å². The van der Waals surface area contributed by atoms with Crippen LogP contribution in [0.1, 0.15) is 44.7 Å². The van der Waals surface area contributed by atoms with Crippen molar-refractivity contribution in [3.05, 3.63) is 33.8 Å². The molecule has 0 saturated heterocycles. The van der Waals surface area contributed by atoms with Crippen molar-refractivity contribution in [3.8, 4) is 0 Å². The van der Waals surface area contributed by atoms with Gasteiger partial charge in [-0.1, -0.05) is 18.6 Å².